The van der Waals surface area contributed by atoms with E-state index in [0.29, 0.717) is 6.04 Å². The van der Waals surface area contributed by atoms with Crippen LogP contribution in [0.4, 0.5) is 0 Å². The maximum atomic E-state index is 8.93. The highest BCUT2D eigenvalue weighted by Gasteiger charge is 2.23. The average Bonchev–Trinajstić information content (AvgIpc) is 2.86. The van der Waals surface area contributed by atoms with Crippen LogP contribution in [0, 0.1) is 17.2 Å². The molecule has 14 heavy (non-hydrogen) atoms. The fourth-order valence-electron chi connectivity index (χ4n) is 1.66. The zero-order chi connectivity index (χ0) is 10.6. The molecular weight excluding hydrogens is 174 g/mol. The van der Waals surface area contributed by atoms with Gasteiger partial charge in [0.05, 0.1) is 6.07 Å². The summed E-state index contributed by atoms with van der Waals surface area (Å²) in [7, 11) is 2.10. The van der Waals surface area contributed by atoms with Crippen molar-refractivity contribution in [2.75, 3.05) is 20.1 Å². The molecule has 3 nitrogen and oxygen atoms in total. The van der Waals surface area contributed by atoms with Crippen molar-refractivity contribution in [1.82, 2.24) is 10.2 Å². The highest BCUT2D eigenvalue weighted by molar-refractivity contribution is 4.93. The Morgan fingerprint density at radius 3 is 2.57 bits per heavy atom. The van der Waals surface area contributed by atoms with Gasteiger partial charge >= 0.3 is 0 Å². The molecule has 0 bridgehead atoms. The molecule has 1 N–H and O–H groups in total. The van der Waals surface area contributed by atoms with Gasteiger partial charge in [-0.05, 0) is 39.7 Å². The minimum absolute atomic E-state index is 0.0289. The quantitative estimate of drug-likeness (QED) is 0.692. The summed E-state index contributed by atoms with van der Waals surface area (Å²) in [5.41, 5.74) is 0. The fraction of sp³-hybridized carbons (Fsp3) is 0.909. The van der Waals surface area contributed by atoms with Crippen molar-refractivity contribution >= 4 is 0 Å². The van der Waals surface area contributed by atoms with Crippen LogP contribution in [0.25, 0.3) is 0 Å². The molecule has 0 amide bonds. The van der Waals surface area contributed by atoms with Crippen LogP contribution in [0.2, 0.25) is 0 Å². The van der Waals surface area contributed by atoms with Crippen LogP contribution in [0.3, 0.4) is 0 Å². The maximum Gasteiger partial charge on any atom is 0.108 e. The van der Waals surface area contributed by atoms with Crippen LogP contribution in [-0.4, -0.2) is 37.1 Å². The van der Waals surface area contributed by atoms with Gasteiger partial charge in [0.15, 0.2) is 0 Å². The first-order valence-corrected chi connectivity index (χ1v) is 5.46. The number of nitrogens with one attached hydrogen (secondary N) is 1. The molecule has 1 unspecified atom stereocenters. The number of nitrogens with zero attached hydrogens (tertiary/aromatic N) is 2. The van der Waals surface area contributed by atoms with E-state index < -0.39 is 0 Å². The molecule has 0 aromatic carbocycles. The standard InChI is InChI=1S/C11H21N3/c1-9(2)13-11(6-12)8-14(3)7-10-4-5-10/h9-11,13H,4-5,7-8H2,1-3H3. The summed E-state index contributed by atoms with van der Waals surface area (Å²) >= 11 is 0. The lowest BCUT2D eigenvalue weighted by atomic mass is 10.2. The summed E-state index contributed by atoms with van der Waals surface area (Å²) in [6.45, 7) is 6.14. The van der Waals surface area contributed by atoms with Crippen molar-refractivity contribution in [3.63, 3.8) is 0 Å². The first kappa shape index (κ1) is 11.5. The van der Waals surface area contributed by atoms with E-state index in [9.17, 15) is 0 Å². The van der Waals surface area contributed by atoms with Crippen LogP contribution < -0.4 is 5.32 Å². The van der Waals surface area contributed by atoms with Crippen LogP contribution >= 0.6 is 0 Å². The molecule has 1 saturated carbocycles. The largest absolute Gasteiger partial charge is 0.303 e. The third-order valence-electron chi connectivity index (χ3n) is 2.45. The third kappa shape index (κ3) is 4.59. The van der Waals surface area contributed by atoms with Crippen molar-refractivity contribution in [2.45, 2.75) is 38.8 Å². The van der Waals surface area contributed by atoms with Gasteiger partial charge in [-0.3, -0.25) is 5.32 Å². The Bertz CT molecular complexity index is 203. The third-order valence-corrected chi connectivity index (χ3v) is 2.45. The normalized spacial score (nSPS) is 18.6. The van der Waals surface area contributed by atoms with Gasteiger partial charge in [0.2, 0.25) is 0 Å². The van der Waals surface area contributed by atoms with E-state index in [2.05, 4.69) is 37.2 Å². The Morgan fingerprint density at radius 1 is 1.50 bits per heavy atom. The lowest BCUT2D eigenvalue weighted by molar-refractivity contribution is 0.293. The van der Waals surface area contributed by atoms with E-state index in [4.69, 9.17) is 5.26 Å². The highest BCUT2D eigenvalue weighted by Crippen LogP contribution is 2.29. The van der Waals surface area contributed by atoms with E-state index in [-0.39, 0.29) is 6.04 Å². The van der Waals surface area contributed by atoms with Crippen molar-refractivity contribution in [2.24, 2.45) is 5.92 Å². The van der Waals surface area contributed by atoms with Crippen LogP contribution in [0.1, 0.15) is 26.7 Å². The van der Waals surface area contributed by atoms with E-state index in [1.54, 1.807) is 0 Å². The molecule has 0 spiro atoms. The van der Waals surface area contributed by atoms with E-state index in [1.807, 2.05) is 0 Å². The molecule has 0 saturated heterocycles. The summed E-state index contributed by atoms with van der Waals surface area (Å²) in [5, 5.41) is 12.2. The second kappa shape index (κ2) is 5.33. The Hall–Kier alpha value is -0.590. The maximum absolute atomic E-state index is 8.93. The van der Waals surface area contributed by atoms with Crippen LogP contribution in [0.5, 0.6) is 0 Å². The van der Waals surface area contributed by atoms with Gasteiger partial charge in [-0.25, -0.2) is 0 Å². The zero-order valence-corrected chi connectivity index (χ0v) is 9.45. The highest BCUT2D eigenvalue weighted by atomic mass is 15.1. The van der Waals surface area contributed by atoms with Gasteiger partial charge in [-0.15, -0.1) is 0 Å². The molecule has 1 fully saturated rings. The molecule has 0 radical (unpaired) electrons. The number of rotatable bonds is 6. The van der Waals surface area contributed by atoms with Crippen molar-refractivity contribution in [1.29, 1.82) is 5.26 Å². The molecule has 1 aliphatic rings. The molecule has 1 rings (SSSR count). The predicted molar refractivity (Wildman–Crippen MR) is 57.9 cm³/mol. The summed E-state index contributed by atoms with van der Waals surface area (Å²) in [6.07, 6.45) is 2.75. The fourth-order valence-corrected chi connectivity index (χ4v) is 1.66. The minimum Gasteiger partial charge on any atom is -0.303 e. The molecule has 0 aromatic heterocycles. The second-order valence-electron chi connectivity index (χ2n) is 4.67. The minimum atomic E-state index is -0.0289. The smallest absolute Gasteiger partial charge is 0.108 e. The van der Waals surface area contributed by atoms with Gasteiger partial charge in [0, 0.05) is 19.1 Å². The summed E-state index contributed by atoms with van der Waals surface area (Å²) in [5.74, 6) is 0.901. The van der Waals surface area contributed by atoms with E-state index >= 15 is 0 Å². The first-order valence-electron chi connectivity index (χ1n) is 5.46. The molecule has 0 aliphatic heterocycles. The summed E-state index contributed by atoms with van der Waals surface area (Å²) in [6, 6.07) is 2.66. The number of likely N-dealkylation sites (N-methyl/N-ethyl adjacent to an activating group) is 1. The number of nitriles is 1. The zero-order valence-electron chi connectivity index (χ0n) is 9.45. The molecule has 0 aromatic rings. The SMILES string of the molecule is CC(C)NC(C#N)CN(C)CC1CC1. The lowest BCUT2D eigenvalue weighted by Gasteiger charge is -2.21. The topological polar surface area (TPSA) is 39.1 Å². The van der Waals surface area contributed by atoms with Gasteiger partial charge < -0.3 is 4.90 Å². The molecule has 1 aliphatic carbocycles. The Kier molecular flexibility index (Phi) is 4.37. The van der Waals surface area contributed by atoms with E-state index in [1.165, 1.54) is 12.8 Å². The van der Waals surface area contributed by atoms with Gasteiger partial charge in [0.25, 0.3) is 0 Å². The monoisotopic (exact) mass is 195 g/mol. The molecule has 0 heterocycles. The predicted octanol–water partition coefficient (Wildman–Crippen LogP) is 1.22. The second-order valence-corrected chi connectivity index (χ2v) is 4.67. The summed E-state index contributed by atoms with van der Waals surface area (Å²) in [4.78, 5) is 2.26. The summed E-state index contributed by atoms with van der Waals surface area (Å²) < 4.78 is 0. The molecule has 3 heteroatoms. The molecule has 1 atom stereocenters. The van der Waals surface area contributed by atoms with Gasteiger partial charge in [-0.1, -0.05) is 0 Å². The Balaban J connectivity index is 2.20. The Morgan fingerprint density at radius 2 is 2.14 bits per heavy atom. The first-order chi connectivity index (χ1) is 6.61. The van der Waals surface area contributed by atoms with Crippen molar-refractivity contribution in [3.05, 3.63) is 0 Å². The average molecular weight is 195 g/mol. The number of hydrogen-bond donors (Lipinski definition) is 1. The molecule has 80 valence electrons. The molecular formula is C11H21N3. The van der Waals surface area contributed by atoms with Crippen LogP contribution in [0.15, 0.2) is 0 Å². The Labute approximate surface area is 87.1 Å². The van der Waals surface area contributed by atoms with Crippen LogP contribution in [-0.2, 0) is 0 Å². The van der Waals surface area contributed by atoms with Gasteiger partial charge in [-0.2, -0.15) is 5.26 Å². The van der Waals surface area contributed by atoms with Crippen molar-refractivity contribution < 1.29 is 0 Å². The van der Waals surface area contributed by atoms with E-state index in [0.717, 1.165) is 19.0 Å². The van der Waals surface area contributed by atoms with Crippen molar-refractivity contribution in [3.8, 4) is 6.07 Å². The van der Waals surface area contributed by atoms with Gasteiger partial charge in [0.1, 0.15) is 6.04 Å². The lowest BCUT2D eigenvalue weighted by Crippen LogP contribution is -2.42. The number of hydrogen-bond acceptors (Lipinski definition) is 3.